The quantitative estimate of drug-likeness (QED) is 0.0201. The third-order valence-corrected chi connectivity index (χ3v) is 15.4. The number of likely N-dealkylation sites (tertiary alicyclic amines) is 1. The van der Waals surface area contributed by atoms with Crippen LogP contribution in [0.5, 0.6) is 5.75 Å². The Bertz CT molecular complexity index is 2980. The van der Waals surface area contributed by atoms with Gasteiger partial charge in [-0.3, -0.25) is 67.5 Å². The summed E-state index contributed by atoms with van der Waals surface area (Å²) in [5, 5.41) is 47.4. The van der Waals surface area contributed by atoms with Crippen LogP contribution < -0.4 is 81.8 Å². The van der Waals surface area contributed by atoms with Gasteiger partial charge >= 0.3 is 0 Å². The van der Waals surface area contributed by atoms with Crippen LogP contribution in [-0.4, -0.2) is 191 Å². The van der Waals surface area contributed by atoms with Crippen molar-refractivity contribution in [2.45, 2.75) is 178 Å². The van der Waals surface area contributed by atoms with Crippen molar-refractivity contribution in [3.8, 4) is 5.75 Å². The van der Waals surface area contributed by atoms with Gasteiger partial charge in [-0.1, -0.05) is 49.7 Å². The van der Waals surface area contributed by atoms with E-state index in [4.69, 9.17) is 40.3 Å². The first-order valence-electron chi connectivity index (χ1n) is 30.9. The summed E-state index contributed by atoms with van der Waals surface area (Å²) in [6, 6.07) is -1.12. The summed E-state index contributed by atoms with van der Waals surface area (Å²) in [5.41, 5.74) is 28.7. The maximum absolute atomic E-state index is 14.7. The van der Waals surface area contributed by atoms with Crippen LogP contribution in [0.1, 0.15) is 116 Å². The minimum Gasteiger partial charge on any atom is -0.508 e. The molecule has 93 heavy (non-hydrogen) atoms. The van der Waals surface area contributed by atoms with Gasteiger partial charge < -0.3 is 96.9 Å². The van der Waals surface area contributed by atoms with E-state index in [9.17, 15) is 67.7 Å². The number of primary amides is 1. The molecule has 10 atom stereocenters. The topological polar surface area (TPSA) is 524 Å². The molecule has 32 nitrogen and oxygen atoms in total. The monoisotopic (exact) mass is 1320 g/mol. The Labute approximate surface area is 544 Å². The number of rotatable bonds is 30. The molecule has 12 amide bonds. The highest BCUT2D eigenvalue weighted by Gasteiger charge is 2.40. The summed E-state index contributed by atoms with van der Waals surface area (Å²) in [4.78, 5) is 174. The molecule has 0 aliphatic carbocycles. The highest BCUT2D eigenvalue weighted by Crippen LogP contribution is 2.21. The molecule has 0 saturated carbocycles. The molecular weight excluding hydrogens is 1230 g/mol. The third-order valence-electron chi connectivity index (χ3n) is 15.1. The number of benzene rings is 2. The molecule has 0 spiro atoms. The number of carbonyl (C=O) groups excluding carboxylic acids is 12. The second-order valence-electron chi connectivity index (χ2n) is 23.3. The average molecular weight is 1320 g/mol. The van der Waals surface area contributed by atoms with Crippen LogP contribution in [0, 0.1) is 5.92 Å². The van der Waals surface area contributed by atoms with Gasteiger partial charge in [-0.25, -0.2) is 0 Å². The Morgan fingerprint density at radius 2 is 1.23 bits per heavy atom. The SMILES string of the molecule is CC(=O)N[C@H]1CCC(=O)N[C@@H](C(=O)N[C@@H](CO)C(=O)N[C@@H](Cc2ccc(O)cc2)C(=O)N[C@H](CCCN=C(N)N)C(=O)N[C@H](CC(C)C)C(=O)N[C@@H](CCCN=C(N)N)C(=O)N2CCC[C@H]2C(=O)N[C@H](C)C(N)=O)CCCCNC(=O)[C@@H](Cc2ccc(Cl)cc2)NC1=O. The lowest BCUT2D eigenvalue weighted by atomic mass is 10.0. The van der Waals surface area contributed by atoms with Gasteiger partial charge in [0, 0.05) is 57.4 Å². The first-order chi connectivity index (χ1) is 44.0. The van der Waals surface area contributed by atoms with E-state index >= 15 is 0 Å². The smallest absolute Gasteiger partial charge is 0.245 e. The molecule has 2 heterocycles. The predicted octanol–water partition coefficient (Wildman–Crippen LogP) is -4.06. The Balaban J connectivity index is 1.60. The number of aliphatic imine (C=N–C) groups is 2. The van der Waals surface area contributed by atoms with Crippen molar-refractivity contribution in [3.63, 3.8) is 0 Å². The van der Waals surface area contributed by atoms with Crippen LogP contribution in [0.3, 0.4) is 0 Å². The van der Waals surface area contributed by atoms with Gasteiger partial charge in [0.25, 0.3) is 0 Å². The van der Waals surface area contributed by atoms with E-state index in [2.05, 4.69) is 63.2 Å². The number of amides is 12. The molecule has 2 fully saturated rings. The number of aliphatic hydroxyl groups excluding tert-OH is 1. The van der Waals surface area contributed by atoms with Gasteiger partial charge in [0.05, 0.1) is 6.61 Å². The summed E-state index contributed by atoms with van der Waals surface area (Å²) >= 11 is 6.06. The normalized spacial score (nSPS) is 19.0. The van der Waals surface area contributed by atoms with E-state index in [1.165, 1.54) is 43.0 Å². The van der Waals surface area contributed by atoms with Crippen molar-refractivity contribution in [1.29, 1.82) is 0 Å². The van der Waals surface area contributed by atoms with Gasteiger partial charge in [-0.15, -0.1) is 0 Å². The highest BCUT2D eigenvalue weighted by atomic mass is 35.5. The molecule has 0 unspecified atom stereocenters. The van der Waals surface area contributed by atoms with Crippen LogP contribution in [0.15, 0.2) is 58.5 Å². The van der Waals surface area contributed by atoms with E-state index in [1.807, 2.05) is 0 Å². The largest absolute Gasteiger partial charge is 0.508 e. The van der Waals surface area contributed by atoms with Crippen LogP contribution in [0.25, 0.3) is 0 Å². The van der Waals surface area contributed by atoms with Crippen molar-refractivity contribution < 1.29 is 67.7 Å². The van der Waals surface area contributed by atoms with Gasteiger partial charge in [-0.05, 0) is 119 Å². The minimum absolute atomic E-state index is 0.00208. The fraction of sp³-hybridized carbons (Fsp3) is 0.567. The van der Waals surface area contributed by atoms with Crippen LogP contribution in [-0.2, 0) is 70.4 Å². The molecule has 512 valence electrons. The van der Waals surface area contributed by atoms with Gasteiger partial charge in [0.2, 0.25) is 70.9 Å². The molecule has 0 bridgehead atoms. The fourth-order valence-corrected chi connectivity index (χ4v) is 10.3. The second kappa shape index (κ2) is 38.5. The zero-order chi connectivity index (χ0) is 68.9. The molecule has 2 aromatic rings. The van der Waals surface area contributed by atoms with Crippen molar-refractivity contribution in [1.82, 2.24) is 58.1 Å². The average Bonchev–Trinajstić information content (AvgIpc) is 1.83. The van der Waals surface area contributed by atoms with Crippen molar-refractivity contribution in [2.24, 2.45) is 44.6 Å². The number of guanidine groups is 2. The summed E-state index contributed by atoms with van der Waals surface area (Å²) in [6.45, 7) is 5.31. The number of hydrogen-bond acceptors (Lipinski definition) is 16. The standard InChI is InChI=1S/C60H91ClN18O14/c1-32(2)28-43(54(89)74-42(12-8-26-69-60(65)66)58(93)79-27-9-13-47(79)57(92)70-33(3)49(62)84)75-52(87)40(11-7-25-68-59(63)64)73-55(90)45(30-36-16-20-38(82)21-17-36)77-56(91)46(31-80)78-51(86)39-10-5-6-24-67-50(85)44(29-35-14-18-37(61)19-15-35)76-53(88)41(71-34(4)81)22-23-48(83)72-39/h14-21,32-33,39-47,80,82H,5-13,22-31H2,1-4H3,(H2,62,84)(H,67,85)(H,70,92)(H,71,81)(H,72,83)(H,73,90)(H,74,89)(H,75,87)(H,76,88)(H,77,91)(H,78,86)(H4,63,64,68)(H4,65,66,69)/t33-,39-,40-,41+,42+,43-,44-,45+,46+,47+/m1/s1. The fourth-order valence-electron chi connectivity index (χ4n) is 10.2. The maximum Gasteiger partial charge on any atom is 0.245 e. The predicted molar refractivity (Wildman–Crippen MR) is 342 cm³/mol. The third kappa shape index (κ3) is 26.8. The number of hydrogen-bond donors (Lipinski definition) is 17. The number of aromatic hydroxyl groups is 1. The molecule has 2 aromatic carbocycles. The van der Waals surface area contributed by atoms with E-state index in [-0.39, 0.29) is 127 Å². The summed E-state index contributed by atoms with van der Waals surface area (Å²) in [7, 11) is 0. The summed E-state index contributed by atoms with van der Waals surface area (Å²) < 4.78 is 0. The highest BCUT2D eigenvalue weighted by molar-refractivity contribution is 6.30. The van der Waals surface area contributed by atoms with Crippen molar-refractivity contribution in [2.75, 3.05) is 32.8 Å². The lowest BCUT2D eigenvalue weighted by Gasteiger charge is -2.31. The number of phenolic OH excluding ortho intramolecular Hbond substituents is 1. The number of nitrogens with one attached hydrogen (secondary N) is 10. The maximum atomic E-state index is 14.7. The molecule has 0 radical (unpaired) electrons. The van der Waals surface area contributed by atoms with E-state index in [0.717, 1.165) is 0 Å². The molecule has 33 heteroatoms. The van der Waals surface area contributed by atoms with Crippen molar-refractivity contribution in [3.05, 3.63) is 64.7 Å². The van der Waals surface area contributed by atoms with Crippen LogP contribution in [0.2, 0.25) is 5.02 Å². The zero-order valence-corrected chi connectivity index (χ0v) is 53.6. The zero-order valence-electron chi connectivity index (χ0n) is 52.8. The Morgan fingerprint density at radius 1 is 0.656 bits per heavy atom. The van der Waals surface area contributed by atoms with Gasteiger partial charge in [0.1, 0.15) is 66.2 Å². The lowest BCUT2D eigenvalue weighted by molar-refractivity contribution is -0.142. The Kier molecular flexibility index (Phi) is 31.5. The summed E-state index contributed by atoms with van der Waals surface area (Å²) in [5.74, 6) is -10.3. The van der Waals surface area contributed by atoms with Gasteiger partial charge in [0.15, 0.2) is 11.9 Å². The van der Waals surface area contributed by atoms with Gasteiger partial charge in [-0.2, -0.15) is 0 Å². The summed E-state index contributed by atoms with van der Waals surface area (Å²) in [6.07, 6.45) is 0.254. The van der Waals surface area contributed by atoms with E-state index in [1.54, 1.807) is 38.1 Å². The molecule has 2 saturated heterocycles. The molecule has 4 rings (SSSR count). The molecule has 2 aliphatic heterocycles. The lowest BCUT2D eigenvalue weighted by Crippen LogP contribution is -2.61. The van der Waals surface area contributed by atoms with Crippen LogP contribution >= 0.6 is 11.6 Å². The Hall–Kier alpha value is -9.33. The molecule has 2 aliphatic rings. The Morgan fingerprint density at radius 3 is 1.83 bits per heavy atom. The number of nitrogens with zero attached hydrogens (tertiary/aromatic N) is 3. The minimum atomic E-state index is -1.78. The second-order valence-corrected chi connectivity index (χ2v) is 23.7. The molecule has 0 aromatic heterocycles. The first-order valence-corrected chi connectivity index (χ1v) is 31.2. The van der Waals surface area contributed by atoms with E-state index in [0.29, 0.717) is 22.6 Å². The molecular formula is C60H91ClN18O14. The number of halogens is 1. The molecule has 22 N–H and O–H groups in total. The number of phenols is 1. The number of carbonyl (C=O) groups is 12. The van der Waals surface area contributed by atoms with Crippen LogP contribution in [0.4, 0.5) is 0 Å². The number of aliphatic hydroxyl groups is 1. The van der Waals surface area contributed by atoms with E-state index < -0.39 is 144 Å². The van der Waals surface area contributed by atoms with Crippen molar-refractivity contribution >= 4 is 94.4 Å². The number of nitrogens with two attached hydrogens (primary N) is 5. The first kappa shape index (κ1) is 76.1.